The van der Waals surface area contributed by atoms with E-state index >= 15 is 0 Å². The van der Waals surface area contributed by atoms with Gasteiger partial charge >= 0.3 is 0 Å². The van der Waals surface area contributed by atoms with Crippen LogP contribution in [-0.4, -0.2) is 16.2 Å². The highest BCUT2D eigenvalue weighted by Crippen LogP contribution is 2.11. The molecule has 0 aliphatic rings. The molecule has 0 saturated heterocycles. The molecule has 159 valence electrons. The molecule has 0 aliphatic heterocycles. The molecule has 0 N–H and O–H groups in total. The Morgan fingerprint density at radius 3 is 1.19 bits per heavy atom. The zero-order valence-electron chi connectivity index (χ0n) is 18.9. The third kappa shape index (κ3) is 21.8. The van der Waals surface area contributed by atoms with Gasteiger partial charge in [0.15, 0.2) is 0 Å². The summed E-state index contributed by atoms with van der Waals surface area (Å²) >= 11 is 0. The highest BCUT2D eigenvalue weighted by molar-refractivity contribution is 6.63. The summed E-state index contributed by atoms with van der Waals surface area (Å²) in [5, 5.41) is 0. The number of unbranched alkanes of at least 4 members (excludes halogenated alkanes) is 16. The molecule has 2 heteroatoms. The molecule has 0 aromatic carbocycles. The van der Waals surface area contributed by atoms with Crippen molar-refractivity contribution < 1.29 is 4.43 Å². The van der Waals surface area contributed by atoms with E-state index in [2.05, 4.69) is 37.4 Å². The van der Waals surface area contributed by atoms with E-state index in [1.165, 1.54) is 116 Å². The first-order chi connectivity index (χ1) is 13.3. The van der Waals surface area contributed by atoms with Gasteiger partial charge in [-0.15, -0.1) is 0 Å². The van der Waals surface area contributed by atoms with Crippen molar-refractivity contribution in [2.45, 2.75) is 129 Å². The number of hydrogen-bond donors (Lipinski definition) is 0. The first-order valence-corrected chi connectivity index (χ1v) is 13.7. The highest BCUT2D eigenvalue weighted by Gasteiger charge is 2.00. The summed E-state index contributed by atoms with van der Waals surface area (Å²) in [4.78, 5) is 0. The van der Waals surface area contributed by atoms with E-state index in [1.807, 2.05) is 7.11 Å². The van der Waals surface area contributed by atoms with Crippen LogP contribution in [0.5, 0.6) is 0 Å². The van der Waals surface area contributed by atoms with Gasteiger partial charge in [-0.2, -0.15) is 0 Å². The molecule has 1 radical (unpaired) electrons. The molecule has 0 heterocycles. The zero-order valence-corrected chi connectivity index (χ0v) is 19.9. The molecule has 0 aliphatic carbocycles. The fourth-order valence-corrected chi connectivity index (χ4v) is 4.56. The molecule has 0 spiro atoms. The summed E-state index contributed by atoms with van der Waals surface area (Å²) < 4.78 is 5.64. The minimum atomic E-state index is -0.859. The third-order valence-electron chi connectivity index (χ3n) is 5.25. The molecular formula is C25H49OSi. The quantitative estimate of drug-likeness (QED) is 0.140. The van der Waals surface area contributed by atoms with E-state index < -0.39 is 9.04 Å². The lowest BCUT2D eigenvalue weighted by atomic mass is 10.1. The minimum absolute atomic E-state index is 0.859. The summed E-state index contributed by atoms with van der Waals surface area (Å²) in [5.41, 5.74) is 4.66. The molecule has 0 amide bonds. The predicted molar refractivity (Wildman–Crippen MR) is 125 cm³/mol. The Bertz CT molecular complexity index is 294. The van der Waals surface area contributed by atoms with E-state index in [0.29, 0.717) is 0 Å². The predicted octanol–water partition coefficient (Wildman–Crippen LogP) is 8.88. The van der Waals surface area contributed by atoms with Crippen molar-refractivity contribution in [3.8, 4) is 0 Å². The van der Waals surface area contributed by atoms with E-state index in [-0.39, 0.29) is 0 Å². The fourth-order valence-electron chi connectivity index (χ4n) is 3.38. The van der Waals surface area contributed by atoms with Gasteiger partial charge in [0.2, 0.25) is 0 Å². The van der Waals surface area contributed by atoms with Crippen molar-refractivity contribution in [1.29, 1.82) is 0 Å². The van der Waals surface area contributed by atoms with Crippen molar-refractivity contribution in [2.75, 3.05) is 7.11 Å². The molecule has 0 aromatic heterocycles. The van der Waals surface area contributed by atoms with Crippen molar-refractivity contribution in [3.05, 3.63) is 23.6 Å². The lowest BCUT2D eigenvalue weighted by Gasteiger charge is -2.03. The van der Waals surface area contributed by atoms with Crippen molar-refractivity contribution in [2.24, 2.45) is 0 Å². The van der Waals surface area contributed by atoms with Crippen LogP contribution >= 0.6 is 0 Å². The second-order valence-electron chi connectivity index (χ2n) is 7.94. The minimum Gasteiger partial charge on any atom is -0.412 e. The van der Waals surface area contributed by atoms with Gasteiger partial charge < -0.3 is 4.43 Å². The standard InChI is InChI=1S/C25H49OSi/c1-4-6-8-10-12-14-16-18-20-22-24-27(26-3)25-23-21-19-17-15-13-11-9-7-5-2/h22-25H,4-21H2,1-3H3. The molecule has 0 unspecified atom stereocenters. The van der Waals surface area contributed by atoms with Crippen LogP contribution in [-0.2, 0) is 4.43 Å². The van der Waals surface area contributed by atoms with Gasteiger partial charge in [0.25, 0.3) is 9.04 Å². The first kappa shape index (κ1) is 26.7. The SMILES string of the molecule is CCCCCCCCCCC=C[Si](C=CCCCCCCCCCC)OC. The van der Waals surface area contributed by atoms with Crippen LogP contribution < -0.4 is 0 Å². The maximum absolute atomic E-state index is 5.64. The lowest BCUT2D eigenvalue weighted by molar-refractivity contribution is 0.437. The van der Waals surface area contributed by atoms with E-state index in [1.54, 1.807) is 0 Å². The number of allylic oxidation sites excluding steroid dienone is 2. The summed E-state index contributed by atoms with van der Waals surface area (Å²) in [5.74, 6) is 0. The summed E-state index contributed by atoms with van der Waals surface area (Å²) in [7, 11) is 0.997. The Hall–Kier alpha value is -0.343. The van der Waals surface area contributed by atoms with E-state index in [9.17, 15) is 0 Å². The van der Waals surface area contributed by atoms with Crippen molar-refractivity contribution in [3.63, 3.8) is 0 Å². The van der Waals surface area contributed by atoms with E-state index in [4.69, 9.17) is 4.43 Å². The summed E-state index contributed by atoms with van der Waals surface area (Å²) in [6, 6.07) is 0. The maximum atomic E-state index is 5.64. The second kappa shape index (κ2) is 23.7. The Morgan fingerprint density at radius 1 is 0.519 bits per heavy atom. The van der Waals surface area contributed by atoms with Gasteiger partial charge in [0.05, 0.1) is 0 Å². The average molecular weight is 394 g/mol. The molecule has 1 nitrogen and oxygen atoms in total. The first-order valence-electron chi connectivity index (χ1n) is 12.1. The second-order valence-corrected chi connectivity index (χ2v) is 9.82. The van der Waals surface area contributed by atoms with Crippen molar-refractivity contribution in [1.82, 2.24) is 0 Å². The molecule has 0 rings (SSSR count). The molecule has 0 fully saturated rings. The zero-order chi connectivity index (χ0) is 19.8. The average Bonchev–Trinajstić information content (AvgIpc) is 2.69. The normalized spacial score (nSPS) is 12.1. The van der Waals surface area contributed by atoms with Crippen LogP contribution in [0.2, 0.25) is 0 Å². The number of hydrogen-bond acceptors (Lipinski definition) is 1. The Morgan fingerprint density at radius 2 is 0.852 bits per heavy atom. The summed E-state index contributed by atoms with van der Waals surface area (Å²) in [6.07, 6.45) is 29.6. The van der Waals surface area contributed by atoms with Crippen LogP contribution in [0.1, 0.15) is 129 Å². The van der Waals surface area contributed by atoms with Crippen LogP contribution in [0.3, 0.4) is 0 Å². The number of rotatable bonds is 21. The third-order valence-corrected chi connectivity index (χ3v) is 6.85. The van der Waals surface area contributed by atoms with Crippen molar-refractivity contribution >= 4 is 9.04 Å². The smallest absolute Gasteiger partial charge is 0.266 e. The van der Waals surface area contributed by atoms with E-state index in [0.717, 1.165) is 0 Å². The topological polar surface area (TPSA) is 9.23 Å². The van der Waals surface area contributed by atoms with Crippen LogP contribution in [0, 0.1) is 0 Å². The highest BCUT2D eigenvalue weighted by atomic mass is 28.3. The fraction of sp³-hybridized carbons (Fsp3) is 0.840. The lowest BCUT2D eigenvalue weighted by Crippen LogP contribution is -2.09. The maximum Gasteiger partial charge on any atom is 0.266 e. The Labute approximate surface area is 173 Å². The molecule has 27 heavy (non-hydrogen) atoms. The van der Waals surface area contributed by atoms with Gasteiger partial charge in [0.1, 0.15) is 0 Å². The molecule has 0 atom stereocenters. The molecule has 0 aromatic rings. The van der Waals surface area contributed by atoms with Gasteiger partial charge in [0, 0.05) is 7.11 Å². The molecule has 0 saturated carbocycles. The van der Waals surface area contributed by atoms with Crippen LogP contribution in [0.15, 0.2) is 23.6 Å². The van der Waals surface area contributed by atoms with Gasteiger partial charge in [-0.25, -0.2) is 0 Å². The largest absolute Gasteiger partial charge is 0.412 e. The molecular weight excluding hydrogens is 344 g/mol. The van der Waals surface area contributed by atoms with Crippen LogP contribution in [0.25, 0.3) is 0 Å². The molecule has 0 bridgehead atoms. The summed E-state index contributed by atoms with van der Waals surface area (Å²) in [6.45, 7) is 4.57. The monoisotopic (exact) mass is 393 g/mol. The van der Waals surface area contributed by atoms with Crippen LogP contribution in [0.4, 0.5) is 0 Å². The van der Waals surface area contributed by atoms with Gasteiger partial charge in [-0.05, 0) is 25.7 Å². The van der Waals surface area contributed by atoms with Gasteiger partial charge in [-0.1, -0.05) is 127 Å². The van der Waals surface area contributed by atoms with Gasteiger partial charge in [-0.3, -0.25) is 0 Å². The Balaban J connectivity index is 3.50. The Kier molecular flexibility index (Phi) is 23.4.